The number of para-hydroxylation sites is 1. The number of anilines is 2. The van der Waals surface area contributed by atoms with E-state index < -0.39 is 12.5 Å². The minimum atomic E-state index is -0.757. The zero-order valence-electron chi connectivity index (χ0n) is 12.6. The van der Waals surface area contributed by atoms with Crippen molar-refractivity contribution in [2.75, 3.05) is 16.5 Å². The third-order valence-electron chi connectivity index (χ3n) is 3.97. The first-order valence-corrected chi connectivity index (χ1v) is 8.06. The third kappa shape index (κ3) is 3.04. The van der Waals surface area contributed by atoms with Crippen LogP contribution in [0.3, 0.4) is 0 Å². The second-order valence-corrected chi connectivity index (χ2v) is 6.24. The summed E-state index contributed by atoms with van der Waals surface area (Å²) in [6.07, 6.45) is -1.19. The summed E-state index contributed by atoms with van der Waals surface area (Å²) in [5.41, 5.74) is 2.53. The molecule has 2 aromatic rings. The van der Waals surface area contributed by atoms with Crippen LogP contribution in [0.1, 0.15) is 18.7 Å². The maximum Gasteiger partial charge on any atom is 0.294 e. The van der Waals surface area contributed by atoms with Crippen LogP contribution in [-0.2, 0) is 9.53 Å². The number of fused-ring (bicyclic) bond motifs is 1. The van der Waals surface area contributed by atoms with Gasteiger partial charge in [-0.1, -0.05) is 34.1 Å². The van der Waals surface area contributed by atoms with Crippen molar-refractivity contribution in [2.24, 2.45) is 0 Å². The molecule has 120 valence electrons. The second-order valence-electron chi connectivity index (χ2n) is 5.32. The molecule has 0 saturated carbocycles. The first-order chi connectivity index (χ1) is 11.1. The van der Waals surface area contributed by atoms with E-state index in [-0.39, 0.29) is 0 Å². The van der Waals surface area contributed by atoms with Gasteiger partial charge in [-0.05, 0) is 37.3 Å². The van der Waals surface area contributed by atoms with E-state index in [1.165, 1.54) is 0 Å². The zero-order chi connectivity index (χ0) is 16.4. The maximum atomic E-state index is 10.8. The Labute approximate surface area is 143 Å². The first-order valence-electron chi connectivity index (χ1n) is 7.27. The highest BCUT2D eigenvalue weighted by molar-refractivity contribution is 9.10. The molecule has 5 nitrogen and oxygen atoms in total. The molecule has 3 rings (SSSR count). The molecule has 23 heavy (non-hydrogen) atoms. The lowest BCUT2D eigenvalue weighted by molar-refractivity contribution is -0.132. The number of carbonyl (C=O) groups is 1. The number of nitrogens with zero attached hydrogens (tertiary/aromatic N) is 2. The molecule has 6 heteroatoms. The number of hydrogen-bond acceptors (Lipinski definition) is 5. The predicted molar refractivity (Wildman–Crippen MR) is 92.0 cm³/mol. The smallest absolute Gasteiger partial charge is 0.294 e. The summed E-state index contributed by atoms with van der Waals surface area (Å²) in [4.78, 5) is 14.5. The summed E-state index contributed by atoms with van der Waals surface area (Å²) in [7, 11) is 0. The van der Waals surface area contributed by atoms with Crippen molar-refractivity contribution >= 4 is 33.8 Å². The van der Waals surface area contributed by atoms with Gasteiger partial charge in [0.1, 0.15) is 0 Å². The molecule has 0 bridgehead atoms. The van der Waals surface area contributed by atoms with Gasteiger partial charge in [0.05, 0.1) is 6.67 Å². The van der Waals surface area contributed by atoms with Gasteiger partial charge in [0.25, 0.3) is 6.47 Å². The van der Waals surface area contributed by atoms with Crippen molar-refractivity contribution < 1.29 is 14.6 Å². The van der Waals surface area contributed by atoms with Gasteiger partial charge in [0.15, 0.2) is 12.5 Å². The summed E-state index contributed by atoms with van der Waals surface area (Å²) in [6.45, 7) is 2.67. The number of hydrogen-bond donors (Lipinski definition) is 1. The molecule has 0 fully saturated rings. The Morgan fingerprint density at radius 3 is 2.65 bits per heavy atom. The van der Waals surface area contributed by atoms with E-state index in [0.29, 0.717) is 13.1 Å². The second kappa shape index (κ2) is 6.60. The Bertz CT molecular complexity index is 692. The number of aliphatic hydroxyl groups excluding tert-OH is 1. The highest BCUT2D eigenvalue weighted by Crippen LogP contribution is 2.38. The molecule has 0 aliphatic carbocycles. The summed E-state index contributed by atoms with van der Waals surface area (Å²) in [5, 5.41) is 10.8. The summed E-state index contributed by atoms with van der Waals surface area (Å²) >= 11 is 3.42. The molecule has 0 radical (unpaired) electrons. The lowest BCUT2D eigenvalue weighted by Gasteiger charge is -2.44. The highest BCUT2D eigenvalue weighted by atomic mass is 79.9. The normalized spacial score (nSPS) is 18.3. The van der Waals surface area contributed by atoms with Gasteiger partial charge >= 0.3 is 0 Å². The van der Waals surface area contributed by atoms with Crippen LogP contribution in [-0.4, -0.2) is 24.5 Å². The van der Waals surface area contributed by atoms with Crippen molar-refractivity contribution in [1.29, 1.82) is 0 Å². The van der Waals surface area contributed by atoms with Crippen LogP contribution in [0.5, 0.6) is 0 Å². The highest BCUT2D eigenvalue weighted by Gasteiger charge is 2.32. The fourth-order valence-electron chi connectivity index (χ4n) is 2.77. The summed E-state index contributed by atoms with van der Waals surface area (Å²) in [5.74, 6) is 0. The Morgan fingerprint density at radius 2 is 1.96 bits per heavy atom. The van der Waals surface area contributed by atoms with Crippen molar-refractivity contribution in [3.05, 3.63) is 58.6 Å². The monoisotopic (exact) mass is 376 g/mol. The van der Waals surface area contributed by atoms with Gasteiger partial charge in [-0.2, -0.15) is 0 Å². The molecule has 1 N–H and O–H groups in total. The van der Waals surface area contributed by atoms with Gasteiger partial charge in [0, 0.05) is 21.4 Å². The number of rotatable bonds is 4. The van der Waals surface area contributed by atoms with Crippen LogP contribution in [0, 0.1) is 0 Å². The topological polar surface area (TPSA) is 53.0 Å². The van der Waals surface area contributed by atoms with E-state index in [4.69, 9.17) is 4.74 Å². The molecular formula is C17H17BrN2O3. The van der Waals surface area contributed by atoms with Crippen molar-refractivity contribution in [3.63, 3.8) is 0 Å². The molecule has 1 heterocycles. The zero-order valence-corrected chi connectivity index (χ0v) is 14.2. The number of halogens is 1. The molecule has 0 aromatic heterocycles. The predicted octanol–water partition coefficient (Wildman–Crippen LogP) is 3.24. The average molecular weight is 377 g/mol. The standard InChI is InChI=1S/C17H17BrN2O3/c1-12(23-11-21)19-10-20(14-8-6-13(18)7-9-14)17(22)15-4-2-3-5-16(15)19/h2-9,11-12,17,22H,10H2,1H3. The van der Waals surface area contributed by atoms with Gasteiger partial charge in [-0.15, -0.1) is 0 Å². The molecule has 1 aliphatic heterocycles. The van der Waals surface area contributed by atoms with Crippen LogP contribution in [0.25, 0.3) is 0 Å². The molecule has 0 saturated heterocycles. The average Bonchev–Trinajstić information content (AvgIpc) is 2.57. The Kier molecular flexibility index (Phi) is 4.54. The van der Waals surface area contributed by atoms with Gasteiger partial charge in [0.2, 0.25) is 0 Å². The van der Waals surface area contributed by atoms with Crippen LogP contribution in [0.2, 0.25) is 0 Å². The van der Waals surface area contributed by atoms with Gasteiger partial charge in [-0.25, -0.2) is 0 Å². The molecule has 2 unspecified atom stereocenters. The van der Waals surface area contributed by atoms with Gasteiger partial charge in [-0.3, -0.25) is 4.79 Å². The lowest BCUT2D eigenvalue weighted by Crippen LogP contribution is -2.49. The van der Waals surface area contributed by atoms with Crippen molar-refractivity contribution in [2.45, 2.75) is 19.4 Å². The van der Waals surface area contributed by atoms with E-state index in [2.05, 4.69) is 15.9 Å². The van der Waals surface area contributed by atoms with E-state index >= 15 is 0 Å². The van der Waals surface area contributed by atoms with E-state index in [1.54, 1.807) is 0 Å². The maximum absolute atomic E-state index is 10.8. The molecule has 0 spiro atoms. The number of aliphatic hydroxyl groups is 1. The van der Waals surface area contributed by atoms with Crippen molar-refractivity contribution in [3.8, 4) is 0 Å². The number of benzene rings is 2. The van der Waals surface area contributed by atoms with Crippen LogP contribution < -0.4 is 9.80 Å². The third-order valence-corrected chi connectivity index (χ3v) is 4.50. The number of carbonyl (C=O) groups excluding carboxylic acids is 1. The van der Waals surface area contributed by atoms with Gasteiger partial charge < -0.3 is 19.6 Å². The molecular weight excluding hydrogens is 360 g/mol. The van der Waals surface area contributed by atoms with Crippen LogP contribution in [0.15, 0.2) is 53.0 Å². The fourth-order valence-corrected chi connectivity index (χ4v) is 3.04. The molecule has 2 aromatic carbocycles. The minimum Gasteiger partial charge on any atom is -0.444 e. The summed E-state index contributed by atoms with van der Waals surface area (Å²) in [6, 6.07) is 15.3. The van der Waals surface area contributed by atoms with E-state index in [1.807, 2.05) is 65.3 Å². The first kappa shape index (κ1) is 15.8. The lowest BCUT2D eigenvalue weighted by atomic mass is 10.1. The Morgan fingerprint density at radius 1 is 1.26 bits per heavy atom. The fraction of sp³-hybridized carbons (Fsp3) is 0.235. The molecule has 2 atom stereocenters. The SMILES string of the molecule is CC(OC=O)N1CN(c2ccc(Br)cc2)C(O)c2ccccc21. The summed E-state index contributed by atoms with van der Waals surface area (Å²) < 4.78 is 6.08. The van der Waals surface area contributed by atoms with E-state index in [0.717, 1.165) is 21.4 Å². The Hall–Kier alpha value is -2.05. The van der Waals surface area contributed by atoms with Crippen molar-refractivity contribution in [1.82, 2.24) is 0 Å². The van der Waals surface area contributed by atoms with Crippen LogP contribution in [0.4, 0.5) is 11.4 Å². The number of ether oxygens (including phenoxy) is 1. The molecule has 0 amide bonds. The molecule has 1 aliphatic rings. The largest absolute Gasteiger partial charge is 0.444 e. The quantitative estimate of drug-likeness (QED) is 0.830. The Balaban J connectivity index is 2.01. The minimum absolute atomic E-state index is 0.412. The van der Waals surface area contributed by atoms with Crippen LogP contribution >= 0.6 is 15.9 Å². The van der Waals surface area contributed by atoms with E-state index in [9.17, 15) is 9.90 Å².